The van der Waals surface area contributed by atoms with Gasteiger partial charge in [-0.3, -0.25) is 10.2 Å². The van der Waals surface area contributed by atoms with Crippen LogP contribution in [-0.2, 0) is 0 Å². The van der Waals surface area contributed by atoms with Crippen LogP contribution in [0.2, 0.25) is 0 Å². The van der Waals surface area contributed by atoms with Crippen molar-refractivity contribution in [2.75, 3.05) is 10.8 Å². The van der Waals surface area contributed by atoms with Crippen LogP contribution in [0.4, 0.5) is 5.69 Å². The fraction of sp³-hybridized carbons (Fsp3) is 0.200. The smallest absolute Gasteiger partial charge is 0.183 e. The molecule has 0 fully saturated rings. The van der Waals surface area contributed by atoms with Crippen molar-refractivity contribution >= 4 is 39.7 Å². The fourth-order valence-corrected chi connectivity index (χ4v) is 3.42. The molecule has 0 atom stereocenters. The van der Waals surface area contributed by atoms with Crippen molar-refractivity contribution < 1.29 is 4.79 Å². The minimum atomic E-state index is -0.0120. The summed E-state index contributed by atoms with van der Waals surface area (Å²) in [4.78, 5) is 13.8. The van der Waals surface area contributed by atoms with Crippen molar-refractivity contribution in [2.24, 2.45) is 5.22 Å². The summed E-state index contributed by atoms with van der Waals surface area (Å²) in [6.45, 7) is 3.89. The molecule has 0 amide bonds. The first-order valence-corrected chi connectivity index (χ1v) is 8.36. The Morgan fingerprint density at radius 1 is 1.32 bits per heavy atom. The number of carbonyl (C=O) groups excluding carboxylic acids is 1. The van der Waals surface area contributed by atoms with E-state index >= 15 is 0 Å². The molecule has 0 saturated heterocycles. The lowest BCUT2D eigenvalue weighted by Crippen LogP contribution is -2.22. The van der Waals surface area contributed by atoms with Gasteiger partial charge >= 0.3 is 0 Å². The normalized spacial score (nSPS) is 10.3. The Balaban J connectivity index is 2.01. The molecule has 0 aliphatic carbocycles. The summed E-state index contributed by atoms with van der Waals surface area (Å²) in [5, 5.41) is 12.7. The summed E-state index contributed by atoms with van der Waals surface area (Å²) in [6, 6.07) is 11.1. The van der Waals surface area contributed by atoms with E-state index in [-0.39, 0.29) is 16.7 Å². The molecule has 0 aliphatic heterocycles. The second-order valence-corrected chi connectivity index (χ2v) is 6.93. The monoisotopic (exact) mass is 332 g/mol. The number of aryl methyl sites for hydroxylation is 2. The zero-order valence-electron chi connectivity index (χ0n) is 12.3. The van der Waals surface area contributed by atoms with Gasteiger partial charge in [0.1, 0.15) is 0 Å². The van der Waals surface area contributed by atoms with E-state index in [0.29, 0.717) is 10.6 Å². The van der Waals surface area contributed by atoms with E-state index in [1.807, 2.05) is 38.1 Å². The molecule has 1 heterocycles. The van der Waals surface area contributed by atoms with Crippen LogP contribution in [0.15, 0.2) is 41.6 Å². The predicted octanol–water partition coefficient (Wildman–Crippen LogP) is 4.67. The maximum Gasteiger partial charge on any atom is 0.183 e. The highest BCUT2D eigenvalue weighted by Gasteiger charge is 2.15. The zero-order chi connectivity index (χ0) is 16.1. The third kappa shape index (κ3) is 4.02. The van der Waals surface area contributed by atoms with Gasteiger partial charge in [0.2, 0.25) is 0 Å². The highest BCUT2D eigenvalue weighted by atomic mass is 32.2. The van der Waals surface area contributed by atoms with E-state index in [9.17, 15) is 4.79 Å². The average molecular weight is 332 g/mol. The first-order valence-electron chi connectivity index (χ1n) is 6.56. The van der Waals surface area contributed by atoms with Gasteiger partial charge in [-0.15, -0.1) is 11.3 Å². The Bertz CT molecular complexity index is 711. The molecule has 5 nitrogen and oxygen atoms in total. The first kappa shape index (κ1) is 16.4. The van der Waals surface area contributed by atoms with Crippen LogP contribution in [0.5, 0.6) is 0 Å². The molecule has 114 valence electrons. The van der Waals surface area contributed by atoms with E-state index in [0.717, 1.165) is 22.2 Å². The number of rotatable bonds is 5. The molecule has 1 aromatic heterocycles. The van der Waals surface area contributed by atoms with Crippen LogP contribution < -0.4 is 5.01 Å². The van der Waals surface area contributed by atoms with Gasteiger partial charge in [0.25, 0.3) is 0 Å². The molecule has 2 N–H and O–H groups in total. The summed E-state index contributed by atoms with van der Waals surface area (Å²) in [6.07, 6.45) is 0. The minimum absolute atomic E-state index is 0.0120. The number of thioether (sulfide) groups is 1. The number of hydrogen-bond donors (Lipinski definition) is 2. The lowest BCUT2D eigenvalue weighted by molar-refractivity contribution is 0.102. The third-order valence-electron chi connectivity index (χ3n) is 2.89. The molecule has 0 aliphatic rings. The lowest BCUT2D eigenvalue weighted by atomic mass is 10.2. The SMILES string of the molecule is Cc1cccc(N(N=N)C(=N)SCC(=O)c2ccc(C)s2)c1. The Kier molecular flexibility index (Phi) is 5.46. The van der Waals surface area contributed by atoms with E-state index in [1.165, 1.54) is 16.3 Å². The van der Waals surface area contributed by atoms with Gasteiger partial charge in [0.05, 0.1) is 16.3 Å². The highest BCUT2D eigenvalue weighted by molar-refractivity contribution is 8.14. The van der Waals surface area contributed by atoms with Gasteiger partial charge in [-0.1, -0.05) is 29.1 Å². The molecule has 0 spiro atoms. The molecule has 22 heavy (non-hydrogen) atoms. The number of anilines is 1. The first-order chi connectivity index (χ1) is 10.5. The average Bonchev–Trinajstić information content (AvgIpc) is 2.92. The van der Waals surface area contributed by atoms with Crippen LogP contribution in [0.25, 0.3) is 0 Å². The minimum Gasteiger partial charge on any atom is -0.292 e. The van der Waals surface area contributed by atoms with Crippen LogP contribution in [-0.4, -0.2) is 16.7 Å². The standard InChI is InChI=1S/C15H16N4OS2/c1-10-4-3-5-12(8-10)19(18-17)15(16)21-9-13(20)14-7-6-11(2)22-14/h3-8,16-17H,9H2,1-2H3. The Hall–Kier alpha value is -1.99. The summed E-state index contributed by atoms with van der Waals surface area (Å²) in [7, 11) is 0. The third-order valence-corrected chi connectivity index (χ3v) is 4.79. The maximum atomic E-state index is 12.1. The molecule has 0 bridgehead atoms. The number of carbonyl (C=O) groups is 1. The van der Waals surface area contributed by atoms with Crippen molar-refractivity contribution in [2.45, 2.75) is 13.8 Å². The van der Waals surface area contributed by atoms with Gasteiger partial charge in [-0.2, -0.15) is 10.5 Å². The number of hydrogen-bond acceptors (Lipinski definition) is 6. The number of nitrogens with zero attached hydrogens (tertiary/aromatic N) is 2. The van der Waals surface area contributed by atoms with Gasteiger partial charge in [-0.25, -0.2) is 0 Å². The number of benzene rings is 1. The maximum absolute atomic E-state index is 12.1. The van der Waals surface area contributed by atoms with Gasteiger partial charge in [0, 0.05) is 4.88 Å². The summed E-state index contributed by atoms with van der Waals surface area (Å²) >= 11 is 2.53. The number of ketones is 1. The largest absolute Gasteiger partial charge is 0.292 e. The van der Waals surface area contributed by atoms with Crippen LogP contribution in [0, 0.1) is 24.8 Å². The molecule has 0 unspecified atom stereocenters. The van der Waals surface area contributed by atoms with E-state index in [2.05, 4.69) is 5.22 Å². The Morgan fingerprint density at radius 3 is 2.68 bits per heavy atom. The number of nitrogens with one attached hydrogen (secondary N) is 2. The fourth-order valence-electron chi connectivity index (χ4n) is 1.83. The molecular formula is C15H16N4OS2. The van der Waals surface area contributed by atoms with Crippen molar-refractivity contribution in [3.05, 3.63) is 51.7 Å². The number of Topliss-reactive ketones (excluding diaryl/α,β-unsaturated/α-hetero) is 1. The van der Waals surface area contributed by atoms with E-state index in [4.69, 9.17) is 10.9 Å². The van der Waals surface area contributed by atoms with Crippen LogP contribution >= 0.6 is 23.1 Å². The zero-order valence-corrected chi connectivity index (χ0v) is 13.9. The summed E-state index contributed by atoms with van der Waals surface area (Å²) < 4.78 is 0. The van der Waals surface area contributed by atoms with Crippen molar-refractivity contribution in [3.63, 3.8) is 0 Å². The van der Waals surface area contributed by atoms with Crippen molar-refractivity contribution in [3.8, 4) is 0 Å². The van der Waals surface area contributed by atoms with Crippen molar-refractivity contribution in [1.29, 1.82) is 10.9 Å². The second kappa shape index (κ2) is 7.33. The van der Waals surface area contributed by atoms with Crippen molar-refractivity contribution in [1.82, 2.24) is 0 Å². The highest BCUT2D eigenvalue weighted by Crippen LogP contribution is 2.22. The Labute approximate surface area is 137 Å². The lowest BCUT2D eigenvalue weighted by Gasteiger charge is -2.17. The van der Waals surface area contributed by atoms with Gasteiger partial charge in [0.15, 0.2) is 11.0 Å². The van der Waals surface area contributed by atoms with E-state index < -0.39 is 0 Å². The molecule has 0 radical (unpaired) electrons. The topological polar surface area (TPSA) is 80.4 Å². The molecule has 2 aromatic rings. The summed E-state index contributed by atoms with van der Waals surface area (Å²) in [5.74, 6) is 0.151. The molecule has 7 heteroatoms. The molecular weight excluding hydrogens is 316 g/mol. The van der Waals surface area contributed by atoms with E-state index in [1.54, 1.807) is 12.1 Å². The number of amidine groups is 1. The van der Waals surface area contributed by atoms with Crippen LogP contribution in [0.3, 0.4) is 0 Å². The number of thiophene rings is 1. The molecule has 1 aromatic carbocycles. The van der Waals surface area contributed by atoms with Gasteiger partial charge in [-0.05, 0) is 43.7 Å². The second-order valence-electron chi connectivity index (χ2n) is 4.68. The molecule has 2 rings (SSSR count). The Morgan fingerprint density at radius 2 is 2.09 bits per heavy atom. The predicted molar refractivity (Wildman–Crippen MR) is 92.4 cm³/mol. The summed E-state index contributed by atoms with van der Waals surface area (Å²) in [5.41, 5.74) is 8.93. The van der Waals surface area contributed by atoms with Crippen LogP contribution in [0.1, 0.15) is 20.1 Å². The molecule has 0 saturated carbocycles. The quantitative estimate of drug-likeness (QED) is 0.274. The van der Waals surface area contributed by atoms with Gasteiger partial charge < -0.3 is 0 Å².